The van der Waals surface area contributed by atoms with Gasteiger partial charge in [0.05, 0.1) is 6.61 Å². The van der Waals surface area contributed by atoms with Crippen LogP contribution in [0.2, 0.25) is 0 Å². The van der Waals surface area contributed by atoms with Crippen molar-refractivity contribution in [2.75, 3.05) is 6.61 Å². The smallest absolute Gasteiger partial charge is 0.397 e. The lowest BCUT2D eigenvalue weighted by Crippen LogP contribution is -2.56. The summed E-state index contributed by atoms with van der Waals surface area (Å²) in [4.78, 5) is 10.5. The Morgan fingerprint density at radius 3 is 2.31 bits per heavy atom. The van der Waals surface area contributed by atoms with Gasteiger partial charge in [-0.05, 0) is 0 Å². The van der Waals surface area contributed by atoms with Crippen molar-refractivity contribution in [1.82, 2.24) is 0 Å². The molecule has 1 saturated heterocycles. The molecule has 0 aromatic rings. The van der Waals surface area contributed by atoms with Crippen LogP contribution in [0.3, 0.4) is 0 Å². The van der Waals surface area contributed by atoms with E-state index >= 15 is 0 Å². The average molecular weight is 258 g/mol. The van der Waals surface area contributed by atoms with Gasteiger partial charge in [0.1, 0.15) is 18.3 Å². The molecule has 0 aromatic carbocycles. The number of hydrogen-bond donors (Lipinski definition) is 4. The molecule has 0 amide bonds. The van der Waals surface area contributed by atoms with Gasteiger partial charge >= 0.3 is 16.4 Å². The molecule has 1 rings (SSSR count). The maximum absolute atomic E-state index is 10.5. The first-order valence-corrected chi connectivity index (χ1v) is 5.45. The number of aliphatic hydroxyl groups is 2. The third-order valence-electron chi connectivity index (χ3n) is 1.97. The molecule has 9 nitrogen and oxygen atoms in total. The number of carbonyl (C=O) groups is 1. The Hall–Kier alpha value is -0.780. The van der Waals surface area contributed by atoms with Crippen LogP contribution in [0, 0.1) is 0 Å². The molecule has 1 aliphatic heterocycles. The predicted octanol–water partition coefficient (Wildman–Crippen LogP) is -2.62. The van der Waals surface area contributed by atoms with E-state index in [-0.39, 0.29) is 0 Å². The third-order valence-corrected chi connectivity index (χ3v) is 2.46. The molecule has 0 spiro atoms. The van der Waals surface area contributed by atoms with Crippen LogP contribution in [0.25, 0.3) is 0 Å². The molecule has 4 atom stereocenters. The number of hydrogen-bond acceptors (Lipinski definition) is 7. The number of carboxylic acid groups (broad SMARTS) is 1. The molecular weight excluding hydrogens is 248 g/mol. The van der Waals surface area contributed by atoms with Gasteiger partial charge in [-0.25, -0.2) is 8.98 Å². The fourth-order valence-corrected chi connectivity index (χ4v) is 1.73. The number of carboxylic acids is 1. The summed E-state index contributed by atoms with van der Waals surface area (Å²) in [5.41, 5.74) is 0. The highest BCUT2D eigenvalue weighted by atomic mass is 32.3. The second kappa shape index (κ2) is 4.61. The Labute approximate surface area is 90.2 Å². The van der Waals surface area contributed by atoms with Crippen LogP contribution < -0.4 is 0 Å². The fraction of sp³-hybridized carbons (Fsp3) is 0.833. The highest BCUT2D eigenvalue weighted by Gasteiger charge is 2.44. The van der Waals surface area contributed by atoms with Gasteiger partial charge < -0.3 is 20.1 Å². The third kappa shape index (κ3) is 3.10. The van der Waals surface area contributed by atoms with Gasteiger partial charge in [0, 0.05) is 0 Å². The lowest BCUT2D eigenvalue weighted by Gasteiger charge is -2.34. The van der Waals surface area contributed by atoms with E-state index in [2.05, 4.69) is 8.92 Å². The van der Waals surface area contributed by atoms with Crippen LogP contribution in [-0.4, -0.2) is 65.3 Å². The van der Waals surface area contributed by atoms with Gasteiger partial charge in [0.25, 0.3) is 0 Å². The molecule has 16 heavy (non-hydrogen) atoms. The Morgan fingerprint density at radius 2 is 1.88 bits per heavy atom. The summed E-state index contributed by atoms with van der Waals surface area (Å²) < 4.78 is 37.6. The minimum atomic E-state index is -4.82. The van der Waals surface area contributed by atoms with Gasteiger partial charge in [-0.3, -0.25) is 4.55 Å². The second-order valence-corrected chi connectivity index (χ2v) is 4.18. The Kier molecular flexibility index (Phi) is 3.83. The average Bonchev–Trinajstić information content (AvgIpc) is 2.10. The lowest BCUT2D eigenvalue weighted by molar-refractivity contribution is -0.197. The van der Waals surface area contributed by atoms with Gasteiger partial charge in [-0.1, -0.05) is 0 Å². The molecule has 10 heteroatoms. The van der Waals surface area contributed by atoms with Crippen molar-refractivity contribution < 1.29 is 42.0 Å². The normalized spacial score (nSPS) is 35.9. The maximum Gasteiger partial charge on any atom is 0.397 e. The summed E-state index contributed by atoms with van der Waals surface area (Å²) >= 11 is 0. The molecule has 0 radical (unpaired) electrons. The zero-order chi connectivity index (χ0) is 12.5. The molecule has 0 saturated carbocycles. The van der Waals surface area contributed by atoms with Crippen molar-refractivity contribution >= 4 is 16.4 Å². The second-order valence-electron chi connectivity index (χ2n) is 3.14. The van der Waals surface area contributed by atoms with Crippen molar-refractivity contribution in [2.45, 2.75) is 24.4 Å². The minimum absolute atomic E-state index is 0.588. The number of aliphatic hydroxyl groups excluding tert-OH is 2. The predicted molar refractivity (Wildman–Crippen MR) is 45.8 cm³/mol. The summed E-state index contributed by atoms with van der Waals surface area (Å²) in [6, 6.07) is 0. The van der Waals surface area contributed by atoms with Crippen LogP contribution in [0.4, 0.5) is 0 Å². The molecule has 1 aliphatic rings. The Morgan fingerprint density at radius 1 is 1.31 bits per heavy atom. The quantitative estimate of drug-likeness (QED) is 0.399. The number of rotatable bonds is 3. The van der Waals surface area contributed by atoms with E-state index in [0.717, 1.165) is 0 Å². The standard InChI is InChI=1S/C6H10O9S/c7-3-2(15-16(11,12)13)1-14-5(4(3)8)6(9)10/h2-5,7-8H,1H2,(H,9,10)(H,11,12,13)/t2-,3?,4+,5?/m1/s1. The fourth-order valence-electron chi connectivity index (χ4n) is 1.25. The molecular formula is C6H10O9S. The first-order valence-electron chi connectivity index (χ1n) is 4.08. The van der Waals surface area contributed by atoms with Crippen molar-refractivity contribution in [1.29, 1.82) is 0 Å². The van der Waals surface area contributed by atoms with Crippen LogP contribution in [0.15, 0.2) is 0 Å². The van der Waals surface area contributed by atoms with Crippen molar-refractivity contribution in [3.63, 3.8) is 0 Å². The number of aliphatic carboxylic acids is 1. The molecule has 1 heterocycles. The van der Waals surface area contributed by atoms with E-state index in [0.29, 0.717) is 0 Å². The van der Waals surface area contributed by atoms with Gasteiger partial charge in [-0.2, -0.15) is 8.42 Å². The zero-order valence-electron chi connectivity index (χ0n) is 7.75. The van der Waals surface area contributed by atoms with Crippen molar-refractivity contribution in [3.8, 4) is 0 Å². The summed E-state index contributed by atoms with van der Waals surface area (Å²) in [6.45, 7) is -0.588. The highest BCUT2D eigenvalue weighted by molar-refractivity contribution is 7.80. The maximum atomic E-state index is 10.5. The topological polar surface area (TPSA) is 151 Å². The van der Waals surface area contributed by atoms with E-state index in [1.54, 1.807) is 0 Å². The molecule has 0 aliphatic carbocycles. The Bertz CT molecular complexity index is 362. The molecule has 2 unspecified atom stereocenters. The van der Waals surface area contributed by atoms with Gasteiger partial charge in [-0.15, -0.1) is 0 Å². The molecule has 4 N–H and O–H groups in total. The molecule has 1 fully saturated rings. The van der Waals surface area contributed by atoms with Crippen molar-refractivity contribution in [3.05, 3.63) is 0 Å². The summed E-state index contributed by atoms with van der Waals surface area (Å²) in [6.07, 6.45) is -6.87. The highest BCUT2D eigenvalue weighted by Crippen LogP contribution is 2.19. The van der Waals surface area contributed by atoms with E-state index in [4.69, 9.17) is 9.66 Å². The van der Waals surface area contributed by atoms with Gasteiger partial charge in [0.2, 0.25) is 0 Å². The lowest BCUT2D eigenvalue weighted by atomic mass is 10.0. The van der Waals surface area contributed by atoms with Crippen LogP contribution in [0.1, 0.15) is 0 Å². The summed E-state index contributed by atoms with van der Waals surface area (Å²) in [5.74, 6) is -1.50. The monoisotopic (exact) mass is 258 g/mol. The number of ether oxygens (including phenoxy) is 1. The Balaban J connectivity index is 2.72. The summed E-state index contributed by atoms with van der Waals surface area (Å²) in [7, 11) is -4.82. The minimum Gasteiger partial charge on any atom is -0.479 e. The molecule has 0 aromatic heterocycles. The van der Waals surface area contributed by atoms with E-state index < -0.39 is 47.4 Å². The molecule has 94 valence electrons. The SMILES string of the molecule is O=C(O)C1OC[C@@H](OS(=O)(=O)O)C(O)[C@@H]1O. The van der Waals surface area contributed by atoms with E-state index in [1.165, 1.54) is 0 Å². The van der Waals surface area contributed by atoms with Crippen molar-refractivity contribution in [2.24, 2.45) is 0 Å². The van der Waals surface area contributed by atoms with Crippen LogP contribution in [-0.2, 0) is 24.1 Å². The van der Waals surface area contributed by atoms with E-state index in [1.807, 2.05) is 0 Å². The van der Waals surface area contributed by atoms with E-state index in [9.17, 15) is 23.4 Å². The first-order chi connectivity index (χ1) is 7.22. The van der Waals surface area contributed by atoms with Crippen LogP contribution >= 0.6 is 0 Å². The zero-order valence-corrected chi connectivity index (χ0v) is 8.57. The summed E-state index contributed by atoms with van der Waals surface area (Å²) in [5, 5.41) is 27.1. The van der Waals surface area contributed by atoms with Crippen LogP contribution in [0.5, 0.6) is 0 Å². The first kappa shape index (κ1) is 13.3. The molecule has 0 bridgehead atoms. The largest absolute Gasteiger partial charge is 0.479 e. The van der Waals surface area contributed by atoms with Gasteiger partial charge in [0.15, 0.2) is 6.10 Å².